The van der Waals surface area contributed by atoms with Crippen LogP contribution >= 0.6 is 11.6 Å². The molecular formula is C27H26ClF3N2O5. The van der Waals surface area contributed by atoms with Crippen LogP contribution in [0, 0.1) is 5.82 Å². The lowest BCUT2D eigenvalue weighted by Gasteiger charge is -2.27. The third-order valence-electron chi connectivity index (χ3n) is 6.37. The van der Waals surface area contributed by atoms with E-state index in [9.17, 15) is 23.1 Å². The Balaban J connectivity index is 1.53. The number of pyridine rings is 1. The van der Waals surface area contributed by atoms with Crippen LogP contribution in [0.15, 0.2) is 48.5 Å². The fraction of sp³-hybridized carbons (Fsp3) is 0.333. The Bertz CT molecular complexity index is 1360. The van der Waals surface area contributed by atoms with Gasteiger partial charge in [-0.3, -0.25) is 4.79 Å². The molecule has 2 unspecified atom stereocenters. The third kappa shape index (κ3) is 5.72. The number of aliphatic hydroxyl groups is 1. The van der Waals surface area contributed by atoms with Crippen LogP contribution in [0.4, 0.5) is 13.2 Å². The summed E-state index contributed by atoms with van der Waals surface area (Å²) in [4.78, 5) is 17.5. The number of Topliss-reactive ketones (excluding diaryl/α,β-unsaturated/α-hetero) is 1. The zero-order chi connectivity index (χ0) is 27.7. The van der Waals surface area contributed by atoms with Crippen LogP contribution in [0.5, 0.6) is 17.2 Å². The molecule has 1 saturated carbocycles. The van der Waals surface area contributed by atoms with E-state index in [0.29, 0.717) is 17.0 Å². The molecule has 38 heavy (non-hydrogen) atoms. The molecule has 3 aromatic rings. The molecular weight excluding hydrogens is 525 g/mol. The zero-order valence-corrected chi connectivity index (χ0v) is 21.4. The predicted octanol–water partition coefficient (Wildman–Crippen LogP) is 5.15. The van der Waals surface area contributed by atoms with Gasteiger partial charge in [0.25, 0.3) is 5.92 Å². The number of benzene rings is 2. The van der Waals surface area contributed by atoms with E-state index in [4.69, 9.17) is 31.5 Å². The van der Waals surface area contributed by atoms with E-state index in [0.717, 1.165) is 0 Å². The van der Waals surface area contributed by atoms with E-state index in [1.165, 1.54) is 56.7 Å². The molecule has 202 valence electrons. The number of carbonyl (C=O) groups excluding carboxylic acids is 1. The molecule has 0 bridgehead atoms. The van der Waals surface area contributed by atoms with Crippen molar-refractivity contribution in [2.45, 2.75) is 36.9 Å². The van der Waals surface area contributed by atoms with Gasteiger partial charge >= 0.3 is 0 Å². The van der Waals surface area contributed by atoms with Crippen LogP contribution in [0.2, 0.25) is 5.02 Å². The van der Waals surface area contributed by atoms with Crippen molar-refractivity contribution in [3.63, 3.8) is 0 Å². The highest BCUT2D eigenvalue weighted by Crippen LogP contribution is 2.46. The lowest BCUT2D eigenvalue weighted by atomic mass is 9.90. The number of hydrogen-bond acceptors (Lipinski definition) is 7. The van der Waals surface area contributed by atoms with Crippen molar-refractivity contribution in [1.82, 2.24) is 4.98 Å². The van der Waals surface area contributed by atoms with Gasteiger partial charge in [0, 0.05) is 24.1 Å². The molecule has 3 N–H and O–H groups in total. The molecule has 2 aromatic carbocycles. The molecule has 1 aliphatic rings. The molecule has 1 aromatic heterocycles. The Morgan fingerprint density at radius 3 is 2.42 bits per heavy atom. The Labute approximate surface area is 222 Å². The number of aromatic nitrogens is 1. The second kappa shape index (κ2) is 10.8. The van der Waals surface area contributed by atoms with E-state index >= 15 is 0 Å². The average Bonchev–Trinajstić information content (AvgIpc) is 3.53. The van der Waals surface area contributed by atoms with E-state index in [1.807, 2.05) is 0 Å². The van der Waals surface area contributed by atoms with Gasteiger partial charge in [0.15, 0.2) is 23.4 Å². The summed E-state index contributed by atoms with van der Waals surface area (Å²) in [5, 5.41) is 11.2. The number of nitrogens with two attached hydrogens (primary N) is 1. The van der Waals surface area contributed by atoms with Crippen molar-refractivity contribution in [3.05, 3.63) is 70.6 Å². The fourth-order valence-corrected chi connectivity index (χ4v) is 4.11. The van der Waals surface area contributed by atoms with Crippen LogP contribution in [-0.2, 0) is 5.60 Å². The standard InChI is InChI=1S/C27H26ClF3N2O5/c1-36-21-7-8-23(33-25(21)16-3-5-18(29)17(28)11-16)26(35,14-32)10-9-19(34)15-4-6-20(22(12-15)37-2)38-24-13-27(24,30)31/h3-8,11-12,24,35H,9-10,13-14,32H2,1-2H3. The van der Waals surface area contributed by atoms with Gasteiger partial charge in [-0.1, -0.05) is 11.6 Å². The average molecular weight is 551 g/mol. The van der Waals surface area contributed by atoms with Gasteiger partial charge in [0.1, 0.15) is 22.9 Å². The SMILES string of the molecule is COc1cc(C(=O)CCC(O)(CN)c2ccc(OC)c(-c3ccc(F)c(Cl)c3)n2)ccc1OC1CC1(F)F. The Morgan fingerprint density at radius 2 is 1.82 bits per heavy atom. The molecule has 0 amide bonds. The summed E-state index contributed by atoms with van der Waals surface area (Å²) >= 11 is 5.93. The number of ketones is 1. The Morgan fingerprint density at radius 1 is 1.13 bits per heavy atom. The highest BCUT2D eigenvalue weighted by molar-refractivity contribution is 6.31. The number of hydrogen-bond donors (Lipinski definition) is 2. The van der Waals surface area contributed by atoms with Crippen LogP contribution in [-0.4, -0.2) is 48.7 Å². The first kappa shape index (κ1) is 27.7. The maximum Gasteiger partial charge on any atom is 0.288 e. The summed E-state index contributed by atoms with van der Waals surface area (Å²) < 4.78 is 56.0. The van der Waals surface area contributed by atoms with Crippen molar-refractivity contribution in [2.24, 2.45) is 5.73 Å². The monoisotopic (exact) mass is 550 g/mol. The summed E-state index contributed by atoms with van der Waals surface area (Å²) in [7, 11) is 2.79. The van der Waals surface area contributed by atoms with Gasteiger partial charge in [-0.15, -0.1) is 0 Å². The molecule has 1 aliphatic carbocycles. The first-order valence-electron chi connectivity index (χ1n) is 11.7. The normalized spacial score (nSPS) is 17.4. The minimum absolute atomic E-state index is 0.0693. The van der Waals surface area contributed by atoms with E-state index in [1.54, 1.807) is 6.07 Å². The van der Waals surface area contributed by atoms with E-state index < -0.39 is 23.4 Å². The largest absolute Gasteiger partial charge is 0.494 e. The van der Waals surface area contributed by atoms with E-state index in [-0.39, 0.29) is 59.4 Å². The van der Waals surface area contributed by atoms with Gasteiger partial charge in [-0.2, -0.15) is 0 Å². The molecule has 11 heteroatoms. The smallest absolute Gasteiger partial charge is 0.288 e. The minimum Gasteiger partial charge on any atom is -0.494 e. The van der Waals surface area contributed by atoms with Crippen LogP contribution in [0.25, 0.3) is 11.3 Å². The molecule has 2 atom stereocenters. The summed E-state index contributed by atoms with van der Waals surface area (Å²) in [5.41, 5.74) is 5.45. The number of rotatable bonds is 11. The predicted molar refractivity (Wildman–Crippen MR) is 135 cm³/mol. The Kier molecular flexibility index (Phi) is 7.87. The number of halogens is 4. The quantitative estimate of drug-likeness (QED) is 0.318. The van der Waals surface area contributed by atoms with Crippen LogP contribution in [0.1, 0.15) is 35.3 Å². The number of carbonyl (C=O) groups is 1. The lowest BCUT2D eigenvalue weighted by molar-refractivity contribution is 0.0297. The first-order valence-corrected chi connectivity index (χ1v) is 12.1. The second-order valence-electron chi connectivity index (χ2n) is 8.97. The minimum atomic E-state index is -2.87. The maximum absolute atomic E-state index is 13.7. The van der Waals surface area contributed by atoms with E-state index in [2.05, 4.69) is 4.98 Å². The molecule has 0 spiro atoms. The molecule has 1 fully saturated rings. The van der Waals surface area contributed by atoms with Crippen LogP contribution in [0.3, 0.4) is 0 Å². The van der Waals surface area contributed by atoms with Gasteiger partial charge < -0.3 is 25.1 Å². The molecule has 0 aliphatic heterocycles. The lowest BCUT2D eigenvalue weighted by Crippen LogP contribution is -2.36. The molecule has 0 saturated heterocycles. The van der Waals surface area contributed by atoms with Gasteiger partial charge in [-0.05, 0) is 55.0 Å². The highest BCUT2D eigenvalue weighted by Gasteiger charge is 2.60. The summed E-state index contributed by atoms with van der Waals surface area (Å²) in [6.45, 7) is -0.241. The Hall–Kier alpha value is -3.34. The van der Waals surface area contributed by atoms with Crippen molar-refractivity contribution >= 4 is 17.4 Å². The fourth-order valence-electron chi connectivity index (χ4n) is 3.93. The van der Waals surface area contributed by atoms with Gasteiger partial charge in [0.05, 0.1) is 31.4 Å². The third-order valence-corrected chi connectivity index (χ3v) is 6.66. The van der Waals surface area contributed by atoms with Gasteiger partial charge in [-0.25, -0.2) is 18.2 Å². The first-order chi connectivity index (χ1) is 18.0. The number of ether oxygens (including phenoxy) is 3. The zero-order valence-electron chi connectivity index (χ0n) is 20.6. The molecule has 1 heterocycles. The highest BCUT2D eigenvalue weighted by atomic mass is 35.5. The van der Waals surface area contributed by atoms with Gasteiger partial charge in [0.2, 0.25) is 0 Å². The number of methoxy groups -OCH3 is 2. The topological polar surface area (TPSA) is 104 Å². The van der Waals surface area contributed by atoms with Crippen molar-refractivity contribution < 1.29 is 37.3 Å². The molecule has 4 rings (SSSR count). The number of alkyl halides is 2. The molecule has 7 nitrogen and oxygen atoms in total. The van der Waals surface area contributed by atoms with Crippen molar-refractivity contribution in [2.75, 3.05) is 20.8 Å². The summed E-state index contributed by atoms with van der Waals surface area (Å²) in [6, 6.07) is 11.4. The summed E-state index contributed by atoms with van der Waals surface area (Å²) in [6.07, 6.45) is -1.77. The maximum atomic E-state index is 13.7. The van der Waals surface area contributed by atoms with Crippen molar-refractivity contribution in [3.8, 4) is 28.5 Å². The second-order valence-corrected chi connectivity index (χ2v) is 9.38. The molecule has 0 radical (unpaired) electrons. The van der Waals surface area contributed by atoms with Crippen LogP contribution < -0.4 is 19.9 Å². The summed E-state index contributed by atoms with van der Waals surface area (Å²) in [5.74, 6) is -3.18. The van der Waals surface area contributed by atoms with Crippen molar-refractivity contribution in [1.29, 1.82) is 0 Å². The number of nitrogens with zero attached hydrogens (tertiary/aromatic N) is 1.